The molecule has 0 spiro atoms. The molecule has 15 heavy (non-hydrogen) atoms. The second-order valence-corrected chi connectivity index (χ2v) is 4.74. The van der Waals surface area contributed by atoms with Gasteiger partial charge in [0.25, 0.3) is 0 Å². The summed E-state index contributed by atoms with van der Waals surface area (Å²) in [6.45, 7) is 3.29. The molecule has 0 amide bonds. The highest BCUT2D eigenvalue weighted by molar-refractivity contribution is 6.32. The first kappa shape index (κ1) is 10.8. The van der Waals surface area contributed by atoms with E-state index in [-0.39, 0.29) is 0 Å². The minimum Gasteiger partial charge on any atom is -0.381 e. The molecule has 2 N–H and O–H groups in total. The van der Waals surface area contributed by atoms with E-state index < -0.39 is 0 Å². The third-order valence-corrected chi connectivity index (χ3v) is 3.32. The van der Waals surface area contributed by atoms with Crippen LogP contribution in [0.3, 0.4) is 0 Å². The Labute approximate surface area is 95.0 Å². The first-order valence-electron chi connectivity index (χ1n) is 5.32. The van der Waals surface area contributed by atoms with Crippen LogP contribution >= 0.6 is 11.6 Å². The summed E-state index contributed by atoms with van der Waals surface area (Å²) in [7, 11) is 2.17. The fourth-order valence-electron chi connectivity index (χ4n) is 2.01. The number of piperidine rings is 1. The summed E-state index contributed by atoms with van der Waals surface area (Å²) in [6, 6.07) is 0. The van der Waals surface area contributed by atoms with E-state index in [4.69, 9.17) is 17.3 Å². The number of likely N-dealkylation sites (tertiary alicyclic amines) is 1. The summed E-state index contributed by atoms with van der Waals surface area (Å²) in [6.07, 6.45) is 4.27. The van der Waals surface area contributed by atoms with E-state index in [0.29, 0.717) is 16.8 Å². The maximum atomic E-state index is 5.85. The summed E-state index contributed by atoms with van der Waals surface area (Å²) < 4.78 is 1.87. The Bertz CT molecular complexity index is 309. The zero-order valence-electron chi connectivity index (χ0n) is 8.99. The summed E-state index contributed by atoms with van der Waals surface area (Å²) in [5.41, 5.74) is 5.60. The van der Waals surface area contributed by atoms with E-state index in [9.17, 15) is 0 Å². The lowest BCUT2D eigenvalue weighted by molar-refractivity contribution is 0.201. The van der Waals surface area contributed by atoms with Crippen LogP contribution in [0.5, 0.6) is 0 Å². The van der Waals surface area contributed by atoms with E-state index >= 15 is 0 Å². The minimum atomic E-state index is 0.435. The van der Waals surface area contributed by atoms with Crippen LogP contribution in [0, 0.1) is 5.92 Å². The third kappa shape index (κ3) is 2.63. The molecule has 84 valence electrons. The number of nitrogens with two attached hydrogens (primary N) is 1. The van der Waals surface area contributed by atoms with Crippen molar-refractivity contribution >= 4 is 17.4 Å². The van der Waals surface area contributed by atoms with Crippen LogP contribution in [0.25, 0.3) is 0 Å². The molecule has 4 nitrogen and oxygen atoms in total. The van der Waals surface area contributed by atoms with Gasteiger partial charge in [0.15, 0.2) is 5.82 Å². The SMILES string of the molecule is CN1CCC(Cn2cc(Cl)c(N)n2)CC1. The van der Waals surface area contributed by atoms with Gasteiger partial charge in [0, 0.05) is 12.7 Å². The van der Waals surface area contributed by atoms with Gasteiger partial charge in [-0.1, -0.05) is 11.6 Å². The van der Waals surface area contributed by atoms with Crippen molar-refractivity contribution in [3.63, 3.8) is 0 Å². The molecule has 1 saturated heterocycles. The number of aromatic nitrogens is 2. The lowest BCUT2D eigenvalue weighted by Crippen LogP contribution is -2.32. The smallest absolute Gasteiger partial charge is 0.164 e. The monoisotopic (exact) mass is 228 g/mol. The molecular weight excluding hydrogens is 212 g/mol. The van der Waals surface area contributed by atoms with Crippen molar-refractivity contribution in [2.24, 2.45) is 5.92 Å². The normalized spacial score (nSPS) is 19.6. The zero-order chi connectivity index (χ0) is 10.8. The molecule has 0 aliphatic carbocycles. The van der Waals surface area contributed by atoms with Crippen LogP contribution in [0.2, 0.25) is 5.02 Å². The molecule has 2 heterocycles. The largest absolute Gasteiger partial charge is 0.381 e. The van der Waals surface area contributed by atoms with Crippen molar-refractivity contribution in [3.8, 4) is 0 Å². The highest BCUT2D eigenvalue weighted by atomic mass is 35.5. The summed E-state index contributed by atoms with van der Waals surface area (Å²) >= 11 is 5.85. The maximum absolute atomic E-state index is 5.85. The first-order valence-corrected chi connectivity index (χ1v) is 5.70. The van der Waals surface area contributed by atoms with Crippen molar-refractivity contribution < 1.29 is 0 Å². The number of nitrogens with zero attached hydrogens (tertiary/aromatic N) is 3. The van der Waals surface area contributed by atoms with Crippen molar-refractivity contribution in [3.05, 3.63) is 11.2 Å². The van der Waals surface area contributed by atoms with Gasteiger partial charge in [0.2, 0.25) is 0 Å². The molecule has 0 radical (unpaired) electrons. The predicted octanol–water partition coefficient (Wildman–Crippen LogP) is 1.46. The predicted molar refractivity (Wildman–Crippen MR) is 61.9 cm³/mol. The van der Waals surface area contributed by atoms with Crippen LogP contribution < -0.4 is 5.73 Å². The highest BCUT2D eigenvalue weighted by Gasteiger charge is 2.17. The topological polar surface area (TPSA) is 47.1 Å². The van der Waals surface area contributed by atoms with Crippen LogP contribution in [-0.2, 0) is 6.54 Å². The molecule has 0 unspecified atom stereocenters. The van der Waals surface area contributed by atoms with E-state index in [2.05, 4.69) is 17.0 Å². The van der Waals surface area contributed by atoms with Crippen LogP contribution in [0.1, 0.15) is 12.8 Å². The molecule has 1 aliphatic rings. The van der Waals surface area contributed by atoms with E-state index in [1.54, 1.807) is 0 Å². The Hall–Kier alpha value is -0.740. The second kappa shape index (κ2) is 4.41. The Morgan fingerprint density at radius 1 is 1.53 bits per heavy atom. The van der Waals surface area contributed by atoms with Crippen molar-refractivity contribution in [2.45, 2.75) is 19.4 Å². The summed E-state index contributed by atoms with van der Waals surface area (Å²) in [4.78, 5) is 2.36. The number of hydrogen-bond donors (Lipinski definition) is 1. The molecule has 1 fully saturated rings. The quantitative estimate of drug-likeness (QED) is 0.834. The average Bonchev–Trinajstić information content (AvgIpc) is 2.50. The molecule has 5 heteroatoms. The maximum Gasteiger partial charge on any atom is 0.164 e. The Morgan fingerprint density at radius 3 is 2.73 bits per heavy atom. The van der Waals surface area contributed by atoms with E-state index in [1.165, 1.54) is 25.9 Å². The number of nitrogen functional groups attached to an aromatic ring is 1. The average molecular weight is 229 g/mol. The number of anilines is 1. The lowest BCUT2D eigenvalue weighted by atomic mass is 9.97. The standard InChI is InChI=1S/C10H17ClN4/c1-14-4-2-8(3-5-14)6-15-7-9(11)10(12)13-15/h7-8H,2-6H2,1H3,(H2,12,13). The van der Waals surface area contributed by atoms with Crippen LogP contribution in [0.15, 0.2) is 6.20 Å². The van der Waals surface area contributed by atoms with Gasteiger partial charge in [0.05, 0.1) is 0 Å². The molecule has 1 aromatic rings. The molecule has 0 atom stereocenters. The van der Waals surface area contributed by atoms with Gasteiger partial charge in [-0.3, -0.25) is 4.68 Å². The van der Waals surface area contributed by atoms with E-state index in [0.717, 1.165) is 6.54 Å². The number of halogens is 1. The summed E-state index contributed by atoms with van der Waals surface area (Å²) in [5, 5.41) is 4.73. The molecule has 1 aliphatic heterocycles. The highest BCUT2D eigenvalue weighted by Crippen LogP contribution is 2.20. The summed E-state index contributed by atoms with van der Waals surface area (Å²) in [5.74, 6) is 1.14. The van der Waals surface area contributed by atoms with Crippen molar-refractivity contribution in [2.75, 3.05) is 25.9 Å². The molecule has 0 saturated carbocycles. The van der Waals surface area contributed by atoms with Crippen molar-refractivity contribution in [1.82, 2.24) is 14.7 Å². The van der Waals surface area contributed by atoms with Crippen LogP contribution in [0.4, 0.5) is 5.82 Å². The van der Waals surface area contributed by atoms with Gasteiger partial charge < -0.3 is 10.6 Å². The second-order valence-electron chi connectivity index (χ2n) is 4.33. The molecule has 1 aromatic heterocycles. The van der Waals surface area contributed by atoms with Crippen LogP contribution in [-0.4, -0.2) is 34.8 Å². The zero-order valence-corrected chi connectivity index (χ0v) is 9.74. The lowest BCUT2D eigenvalue weighted by Gasteiger charge is -2.28. The first-order chi connectivity index (χ1) is 7.15. The fourth-order valence-corrected chi connectivity index (χ4v) is 2.17. The number of rotatable bonds is 2. The molecule has 0 bridgehead atoms. The van der Waals surface area contributed by atoms with E-state index in [1.807, 2.05) is 10.9 Å². The number of hydrogen-bond acceptors (Lipinski definition) is 3. The fraction of sp³-hybridized carbons (Fsp3) is 0.700. The van der Waals surface area contributed by atoms with Gasteiger partial charge in [-0.05, 0) is 38.9 Å². The minimum absolute atomic E-state index is 0.435. The Balaban J connectivity index is 1.91. The molecular formula is C10H17ClN4. The third-order valence-electron chi connectivity index (χ3n) is 3.03. The Kier molecular flexibility index (Phi) is 3.17. The van der Waals surface area contributed by atoms with Gasteiger partial charge in [-0.2, -0.15) is 5.10 Å². The molecule has 2 rings (SSSR count). The van der Waals surface area contributed by atoms with Crippen molar-refractivity contribution in [1.29, 1.82) is 0 Å². The van der Waals surface area contributed by atoms with Gasteiger partial charge in [-0.25, -0.2) is 0 Å². The molecule has 0 aromatic carbocycles. The van der Waals surface area contributed by atoms with Gasteiger partial charge >= 0.3 is 0 Å². The van der Waals surface area contributed by atoms with Gasteiger partial charge in [-0.15, -0.1) is 0 Å². The van der Waals surface area contributed by atoms with Gasteiger partial charge in [0.1, 0.15) is 5.02 Å². The Morgan fingerprint density at radius 2 is 2.20 bits per heavy atom.